The third kappa shape index (κ3) is 2.76. The first-order chi connectivity index (χ1) is 9.40. The Morgan fingerprint density at radius 2 is 1.75 bits per heavy atom. The molecule has 0 bridgehead atoms. The number of nitrogens with one attached hydrogen (secondary N) is 1. The predicted octanol–water partition coefficient (Wildman–Crippen LogP) is 3.84. The lowest BCUT2D eigenvalue weighted by molar-refractivity contribution is 0.458. The Hall–Kier alpha value is -2.05. The van der Waals surface area contributed by atoms with E-state index in [2.05, 4.69) is 10.3 Å². The van der Waals surface area contributed by atoms with Crippen molar-refractivity contribution in [3.8, 4) is 0 Å². The van der Waals surface area contributed by atoms with E-state index in [9.17, 15) is 17.6 Å². The largest absolute Gasteiger partial charge is 0.321 e. The lowest BCUT2D eigenvalue weighted by Crippen LogP contribution is -2.10. The summed E-state index contributed by atoms with van der Waals surface area (Å²) < 4.78 is 54.9. The summed E-state index contributed by atoms with van der Waals surface area (Å²) in [5.74, 6) is -5.52. The molecule has 0 saturated heterocycles. The van der Waals surface area contributed by atoms with Gasteiger partial charge in [0.15, 0.2) is 23.3 Å². The molecule has 0 unspecified atom stereocenters. The van der Waals surface area contributed by atoms with Crippen LogP contribution < -0.4 is 5.32 Å². The van der Waals surface area contributed by atoms with Crippen molar-refractivity contribution >= 4 is 11.6 Å². The maximum Gasteiger partial charge on any atom is 0.207 e. The average Bonchev–Trinajstić information content (AvgIpc) is 2.78. The molecule has 7 heteroatoms. The second kappa shape index (κ2) is 5.52. The van der Waals surface area contributed by atoms with E-state index in [0.717, 1.165) is 0 Å². The highest BCUT2D eigenvalue weighted by Crippen LogP contribution is 2.27. The average molecular weight is 287 g/mol. The first-order valence-corrected chi connectivity index (χ1v) is 6.01. The summed E-state index contributed by atoms with van der Waals surface area (Å²) in [6.45, 7) is 4.45. The van der Waals surface area contributed by atoms with Crippen LogP contribution in [0, 0.1) is 29.2 Å². The number of hydrogen-bond donors (Lipinski definition) is 1. The number of imidazole rings is 1. The fraction of sp³-hybridized carbons (Fsp3) is 0.308. The molecule has 0 aliphatic carbocycles. The molecule has 3 nitrogen and oxygen atoms in total. The van der Waals surface area contributed by atoms with Gasteiger partial charge in [-0.05, 0) is 5.92 Å². The maximum absolute atomic E-state index is 13.5. The lowest BCUT2D eigenvalue weighted by Gasteiger charge is -2.13. The van der Waals surface area contributed by atoms with Crippen LogP contribution in [0.15, 0.2) is 18.5 Å². The van der Waals surface area contributed by atoms with E-state index in [4.69, 9.17) is 0 Å². The van der Waals surface area contributed by atoms with E-state index in [0.29, 0.717) is 6.54 Å². The molecule has 1 heterocycles. The number of nitrogens with zero attached hydrogens (tertiary/aromatic N) is 2. The summed E-state index contributed by atoms with van der Waals surface area (Å²) in [6.07, 6.45) is 3.03. The minimum atomic E-state index is -1.48. The van der Waals surface area contributed by atoms with Crippen LogP contribution in [-0.2, 0) is 6.54 Å². The summed E-state index contributed by atoms with van der Waals surface area (Å²) in [7, 11) is 0. The predicted molar refractivity (Wildman–Crippen MR) is 66.6 cm³/mol. The number of halogens is 4. The molecule has 0 spiro atoms. The van der Waals surface area contributed by atoms with Crippen molar-refractivity contribution in [1.29, 1.82) is 0 Å². The highest BCUT2D eigenvalue weighted by atomic mass is 19.2. The summed E-state index contributed by atoms with van der Waals surface area (Å²) in [5, 5.41) is 2.30. The number of rotatable bonds is 4. The first kappa shape index (κ1) is 14.4. The molecule has 0 saturated carbocycles. The Bertz CT molecular complexity index is 596. The zero-order valence-electron chi connectivity index (χ0n) is 10.9. The van der Waals surface area contributed by atoms with Gasteiger partial charge in [-0.25, -0.2) is 22.5 Å². The molecule has 1 aromatic carbocycles. The molecule has 1 N–H and O–H groups in total. The van der Waals surface area contributed by atoms with Gasteiger partial charge in [0, 0.05) is 25.0 Å². The minimum Gasteiger partial charge on any atom is -0.321 e. The van der Waals surface area contributed by atoms with Crippen LogP contribution >= 0.6 is 0 Å². The quantitative estimate of drug-likeness (QED) is 0.684. The molecule has 0 radical (unpaired) electrons. The van der Waals surface area contributed by atoms with Gasteiger partial charge < -0.3 is 9.88 Å². The van der Waals surface area contributed by atoms with Gasteiger partial charge >= 0.3 is 0 Å². The Balaban J connectivity index is 2.38. The van der Waals surface area contributed by atoms with E-state index in [1.165, 1.54) is 6.20 Å². The Morgan fingerprint density at radius 3 is 2.30 bits per heavy atom. The molecule has 0 aliphatic rings. The molecule has 0 fully saturated rings. The van der Waals surface area contributed by atoms with Gasteiger partial charge in [0.2, 0.25) is 5.95 Å². The molecule has 2 rings (SSSR count). The summed E-state index contributed by atoms with van der Waals surface area (Å²) in [4.78, 5) is 3.88. The molecule has 0 amide bonds. The van der Waals surface area contributed by atoms with Crippen molar-refractivity contribution in [3.05, 3.63) is 41.7 Å². The first-order valence-electron chi connectivity index (χ1n) is 6.01. The monoisotopic (exact) mass is 287 g/mol. The second-order valence-electron chi connectivity index (χ2n) is 4.77. The van der Waals surface area contributed by atoms with Crippen LogP contribution in [0.5, 0.6) is 0 Å². The van der Waals surface area contributed by atoms with Gasteiger partial charge in [0.05, 0.1) is 0 Å². The van der Waals surface area contributed by atoms with Crippen LogP contribution in [0.3, 0.4) is 0 Å². The minimum absolute atomic E-state index is 0.113. The topological polar surface area (TPSA) is 29.9 Å². The molecule has 20 heavy (non-hydrogen) atoms. The standard InChI is InChI=1S/C13H13F4N3/c1-7(2)6-20-4-3-18-13(20)19-12-10(16)8(14)5-9(15)11(12)17/h3-5,7H,6H2,1-2H3,(H,18,19). The van der Waals surface area contributed by atoms with Gasteiger partial charge in [0.1, 0.15) is 5.69 Å². The molecule has 1 aromatic heterocycles. The number of benzene rings is 1. The van der Waals surface area contributed by atoms with Crippen molar-refractivity contribution in [2.24, 2.45) is 5.92 Å². The number of anilines is 2. The molecule has 2 aromatic rings. The fourth-order valence-corrected chi connectivity index (χ4v) is 1.77. The second-order valence-corrected chi connectivity index (χ2v) is 4.77. The third-order valence-electron chi connectivity index (χ3n) is 2.63. The third-order valence-corrected chi connectivity index (χ3v) is 2.63. The number of hydrogen-bond acceptors (Lipinski definition) is 2. The van der Waals surface area contributed by atoms with E-state index < -0.39 is 29.0 Å². The highest BCUT2D eigenvalue weighted by Gasteiger charge is 2.20. The maximum atomic E-state index is 13.5. The van der Waals surface area contributed by atoms with E-state index in [1.807, 2.05) is 13.8 Å². The molecular formula is C13H13F4N3. The fourth-order valence-electron chi connectivity index (χ4n) is 1.77. The van der Waals surface area contributed by atoms with Gasteiger partial charge in [0.25, 0.3) is 0 Å². The van der Waals surface area contributed by atoms with Gasteiger partial charge in [-0.2, -0.15) is 0 Å². The van der Waals surface area contributed by atoms with Crippen molar-refractivity contribution in [2.45, 2.75) is 20.4 Å². The highest BCUT2D eigenvalue weighted by molar-refractivity contribution is 5.56. The SMILES string of the molecule is CC(C)Cn1ccnc1Nc1c(F)c(F)cc(F)c1F. The zero-order valence-corrected chi connectivity index (χ0v) is 10.9. The van der Waals surface area contributed by atoms with Crippen LogP contribution in [0.25, 0.3) is 0 Å². The normalized spacial score (nSPS) is 11.2. The van der Waals surface area contributed by atoms with Gasteiger partial charge in [-0.15, -0.1) is 0 Å². The molecule has 108 valence electrons. The molecule has 0 atom stereocenters. The van der Waals surface area contributed by atoms with Gasteiger partial charge in [-0.1, -0.05) is 13.8 Å². The Labute approximate surface area is 113 Å². The van der Waals surface area contributed by atoms with Crippen molar-refractivity contribution < 1.29 is 17.6 Å². The van der Waals surface area contributed by atoms with Crippen molar-refractivity contribution in [3.63, 3.8) is 0 Å². The van der Waals surface area contributed by atoms with E-state index in [-0.39, 0.29) is 17.9 Å². The van der Waals surface area contributed by atoms with Gasteiger partial charge in [-0.3, -0.25) is 0 Å². The molecular weight excluding hydrogens is 274 g/mol. The lowest BCUT2D eigenvalue weighted by atomic mass is 10.2. The van der Waals surface area contributed by atoms with Crippen molar-refractivity contribution in [1.82, 2.24) is 9.55 Å². The summed E-state index contributed by atoms with van der Waals surface area (Å²) >= 11 is 0. The molecule has 0 aliphatic heterocycles. The smallest absolute Gasteiger partial charge is 0.207 e. The summed E-state index contributed by atoms with van der Waals surface area (Å²) in [6, 6.07) is 0.163. The Morgan fingerprint density at radius 1 is 1.15 bits per heavy atom. The zero-order chi connectivity index (χ0) is 14.9. The van der Waals surface area contributed by atoms with Crippen LogP contribution in [-0.4, -0.2) is 9.55 Å². The number of aromatic nitrogens is 2. The van der Waals surface area contributed by atoms with Crippen LogP contribution in [0.2, 0.25) is 0 Å². The summed E-state index contributed by atoms with van der Waals surface area (Å²) in [5.41, 5.74) is -0.890. The van der Waals surface area contributed by atoms with Crippen molar-refractivity contribution in [2.75, 3.05) is 5.32 Å². The van der Waals surface area contributed by atoms with E-state index in [1.54, 1.807) is 10.8 Å². The van der Waals surface area contributed by atoms with E-state index >= 15 is 0 Å². The van der Waals surface area contributed by atoms with Crippen LogP contribution in [0.1, 0.15) is 13.8 Å². The Kier molecular flexibility index (Phi) is 3.96. The van der Waals surface area contributed by atoms with Crippen LogP contribution in [0.4, 0.5) is 29.2 Å².